The predicted octanol–water partition coefficient (Wildman–Crippen LogP) is 0.615. The Bertz CT molecular complexity index is 378. The van der Waals surface area contributed by atoms with Gasteiger partial charge in [-0.05, 0) is 6.42 Å². The highest BCUT2D eigenvalue weighted by Crippen LogP contribution is 2.16. The molecule has 0 bridgehead atoms. The van der Waals surface area contributed by atoms with Crippen LogP contribution < -0.4 is 15.6 Å². The van der Waals surface area contributed by atoms with Crippen LogP contribution in [0.2, 0.25) is 0 Å². The number of ether oxygens (including phenoxy) is 2. The normalized spacial score (nSPS) is 12.2. The number of H-pyrrole nitrogens is 1. The molecule has 0 aliphatic rings. The van der Waals surface area contributed by atoms with E-state index in [2.05, 4.69) is 15.3 Å². The molecule has 16 heavy (non-hydrogen) atoms. The summed E-state index contributed by atoms with van der Waals surface area (Å²) in [4.78, 5) is 17.9. The van der Waals surface area contributed by atoms with Crippen LogP contribution in [0.5, 0.6) is 5.75 Å². The maximum Gasteiger partial charge on any atom is 0.295 e. The van der Waals surface area contributed by atoms with Gasteiger partial charge in [0.05, 0.1) is 26.1 Å². The lowest BCUT2D eigenvalue weighted by Gasteiger charge is -2.17. The number of hydrogen-bond acceptors (Lipinski definition) is 5. The summed E-state index contributed by atoms with van der Waals surface area (Å²) in [5, 5.41) is 3.11. The number of anilines is 1. The Balaban J connectivity index is 2.87. The molecule has 1 aromatic heterocycles. The summed E-state index contributed by atoms with van der Waals surface area (Å²) in [5.74, 6) is 0.632. The predicted molar refractivity (Wildman–Crippen MR) is 61.0 cm³/mol. The van der Waals surface area contributed by atoms with Crippen LogP contribution in [0.1, 0.15) is 13.3 Å². The zero-order valence-electron chi connectivity index (χ0n) is 9.74. The van der Waals surface area contributed by atoms with Crippen molar-refractivity contribution in [1.29, 1.82) is 0 Å². The van der Waals surface area contributed by atoms with Gasteiger partial charge in [0.15, 0.2) is 5.82 Å². The lowest BCUT2D eigenvalue weighted by atomic mass is 10.2. The molecule has 1 heterocycles. The first-order valence-corrected chi connectivity index (χ1v) is 5.10. The Labute approximate surface area is 94.0 Å². The summed E-state index contributed by atoms with van der Waals surface area (Å²) in [5.41, 5.74) is -0.299. The lowest BCUT2D eigenvalue weighted by molar-refractivity contribution is 0.184. The molecule has 1 aromatic rings. The van der Waals surface area contributed by atoms with Crippen LogP contribution in [0.15, 0.2) is 11.1 Å². The van der Waals surface area contributed by atoms with Crippen molar-refractivity contribution in [3.63, 3.8) is 0 Å². The molecule has 0 amide bonds. The summed E-state index contributed by atoms with van der Waals surface area (Å²) < 4.78 is 10.0. The van der Waals surface area contributed by atoms with Crippen LogP contribution in [-0.2, 0) is 4.74 Å². The summed E-state index contributed by atoms with van der Waals surface area (Å²) >= 11 is 0. The van der Waals surface area contributed by atoms with Gasteiger partial charge in [0, 0.05) is 7.11 Å². The van der Waals surface area contributed by atoms with Gasteiger partial charge in [-0.1, -0.05) is 6.92 Å². The standard InChI is InChI=1S/C10H17N3O3/c1-4-7(5-15-2)13-9-8(16-3)10(14)12-6-11-9/h6-7H,4-5H2,1-3H3,(H2,11,12,13,14). The van der Waals surface area contributed by atoms with E-state index < -0.39 is 0 Å². The first-order valence-electron chi connectivity index (χ1n) is 5.10. The van der Waals surface area contributed by atoms with Crippen molar-refractivity contribution in [3.8, 4) is 5.75 Å². The molecule has 0 saturated carbocycles. The second-order valence-electron chi connectivity index (χ2n) is 3.32. The first-order chi connectivity index (χ1) is 7.72. The van der Waals surface area contributed by atoms with Crippen molar-refractivity contribution in [2.24, 2.45) is 0 Å². The van der Waals surface area contributed by atoms with E-state index in [1.165, 1.54) is 13.4 Å². The number of aromatic amines is 1. The highest BCUT2D eigenvalue weighted by atomic mass is 16.5. The molecule has 0 aromatic carbocycles. The Morgan fingerprint density at radius 3 is 2.88 bits per heavy atom. The SMILES string of the molecule is CCC(COC)Nc1nc[nH]c(=O)c1OC. The van der Waals surface area contributed by atoms with Crippen LogP contribution in [0.3, 0.4) is 0 Å². The third kappa shape index (κ3) is 2.96. The molecular weight excluding hydrogens is 210 g/mol. The molecule has 0 aliphatic heterocycles. The van der Waals surface area contributed by atoms with E-state index in [4.69, 9.17) is 9.47 Å². The van der Waals surface area contributed by atoms with E-state index in [9.17, 15) is 4.79 Å². The lowest BCUT2D eigenvalue weighted by Crippen LogP contribution is -2.26. The first kappa shape index (κ1) is 12.5. The van der Waals surface area contributed by atoms with Gasteiger partial charge in [-0.15, -0.1) is 0 Å². The number of hydrogen-bond donors (Lipinski definition) is 2. The van der Waals surface area contributed by atoms with Gasteiger partial charge in [-0.25, -0.2) is 4.98 Å². The topological polar surface area (TPSA) is 76.2 Å². The zero-order valence-corrected chi connectivity index (χ0v) is 9.74. The van der Waals surface area contributed by atoms with Crippen molar-refractivity contribution in [2.45, 2.75) is 19.4 Å². The minimum Gasteiger partial charge on any atom is -0.489 e. The van der Waals surface area contributed by atoms with Crippen LogP contribution in [-0.4, -0.2) is 36.8 Å². The minimum absolute atomic E-state index is 0.105. The molecule has 6 heteroatoms. The van der Waals surface area contributed by atoms with Crippen molar-refractivity contribution < 1.29 is 9.47 Å². The Hall–Kier alpha value is -1.56. The molecule has 0 radical (unpaired) electrons. The van der Waals surface area contributed by atoms with Crippen molar-refractivity contribution >= 4 is 5.82 Å². The number of rotatable bonds is 6. The van der Waals surface area contributed by atoms with Gasteiger partial charge in [-0.3, -0.25) is 4.79 Å². The Morgan fingerprint density at radius 1 is 1.56 bits per heavy atom. The molecule has 0 fully saturated rings. The fourth-order valence-electron chi connectivity index (χ4n) is 1.34. The molecule has 6 nitrogen and oxygen atoms in total. The Morgan fingerprint density at radius 2 is 2.31 bits per heavy atom. The van der Waals surface area contributed by atoms with Crippen LogP contribution in [0.25, 0.3) is 0 Å². The third-order valence-corrected chi connectivity index (χ3v) is 2.22. The minimum atomic E-state index is -0.299. The molecule has 1 rings (SSSR count). The van der Waals surface area contributed by atoms with Gasteiger partial charge in [-0.2, -0.15) is 0 Å². The van der Waals surface area contributed by atoms with Crippen molar-refractivity contribution in [1.82, 2.24) is 9.97 Å². The van der Waals surface area contributed by atoms with Gasteiger partial charge < -0.3 is 19.8 Å². The van der Waals surface area contributed by atoms with E-state index in [1.807, 2.05) is 6.92 Å². The maximum atomic E-state index is 11.4. The smallest absolute Gasteiger partial charge is 0.295 e. The van der Waals surface area contributed by atoms with Crippen molar-refractivity contribution in [2.75, 3.05) is 26.1 Å². The van der Waals surface area contributed by atoms with E-state index >= 15 is 0 Å². The number of aromatic nitrogens is 2. The van der Waals surface area contributed by atoms with E-state index in [0.29, 0.717) is 12.4 Å². The molecule has 1 atom stereocenters. The fourth-order valence-corrected chi connectivity index (χ4v) is 1.34. The van der Waals surface area contributed by atoms with Crippen molar-refractivity contribution in [3.05, 3.63) is 16.7 Å². The van der Waals surface area contributed by atoms with Gasteiger partial charge in [0.25, 0.3) is 5.56 Å². The van der Waals surface area contributed by atoms with Gasteiger partial charge in [0.1, 0.15) is 0 Å². The highest BCUT2D eigenvalue weighted by Gasteiger charge is 2.12. The second kappa shape index (κ2) is 6.12. The monoisotopic (exact) mass is 227 g/mol. The Kier molecular flexibility index (Phi) is 4.78. The molecule has 90 valence electrons. The summed E-state index contributed by atoms with van der Waals surface area (Å²) in [7, 11) is 3.07. The molecule has 0 spiro atoms. The maximum absolute atomic E-state index is 11.4. The van der Waals surface area contributed by atoms with Crippen LogP contribution in [0, 0.1) is 0 Å². The number of nitrogens with one attached hydrogen (secondary N) is 2. The number of methoxy groups -OCH3 is 2. The van der Waals surface area contributed by atoms with E-state index in [0.717, 1.165) is 6.42 Å². The van der Waals surface area contributed by atoms with Crippen LogP contribution in [0.4, 0.5) is 5.82 Å². The van der Waals surface area contributed by atoms with E-state index in [1.54, 1.807) is 7.11 Å². The zero-order chi connectivity index (χ0) is 12.0. The summed E-state index contributed by atoms with van der Waals surface area (Å²) in [6, 6.07) is 0.105. The van der Waals surface area contributed by atoms with Gasteiger partial charge in [0.2, 0.25) is 5.75 Å². The van der Waals surface area contributed by atoms with Crippen LogP contribution >= 0.6 is 0 Å². The summed E-state index contributed by atoms with van der Waals surface area (Å²) in [6.07, 6.45) is 2.21. The molecule has 0 aliphatic carbocycles. The number of nitrogens with zero attached hydrogens (tertiary/aromatic N) is 1. The average molecular weight is 227 g/mol. The largest absolute Gasteiger partial charge is 0.489 e. The fraction of sp³-hybridized carbons (Fsp3) is 0.600. The molecule has 1 unspecified atom stereocenters. The second-order valence-corrected chi connectivity index (χ2v) is 3.32. The average Bonchev–Trinajstić information content (AvgIpc) is 2.28. The molecular formula is C10H17N3O3. The third-order valence-electron chi connectivity index (χ3n) is 2.22. The quantitative estimate of drug-likeness (QED) is 0.745. The highest BCUT2D eigenvalue weighted by molar-refractivity contribution is 5.48. The van der Waals surface area contributed by atoms with Gasteiger partial charge >= 0.3 is 0 Å². The summed E-state index contributed by atoms with van der Waals surface area (Å²) in [6.45, 7) is 2.57. The molecule has 2 N–H and O–H groups in total. The van der Waals surface area contributed by atoms with E-state index in [-0.39, 0.29) is 17.4 Å². The molecule has 0 saturated heterocycles.